The minimum Gasteiger partial charge on any atom is -1.00 e. The number of hydrogen-bond acceptors (Lipinski definition) is 22. The number of hydroxylamine groups is 2. The van der Waals surface area contributed by atoms with Crippen LogP contribution in [0.1, 0.15) is 96.5 Å². The van der Waals surface area contributed by atoms with Crippen molar-refractivity contribution in [1.29, 1.82) is 0 Å². The standard InChI is InChI=1S/C24H25Cl2N3O6.C20H20OP.C13H15ClN4O5.C10H12BrClO2.C10H12ClO2.C9H8BrClO.C7H4BrClO.C4H9.CH4.ClH.2Li/c1-24(2)34-19-18(17(30)14-6-5-13(25)9-12(14)10-16(31-3)32-4)33-23(20(19)35-24)29-8-7-15-21(26)27-11-28-22(15)29;1-21-17-22(18-11-5-2-6-12-18,19-13-7-3-8-14-19)20-15-9-4-10-16-20;1-17(22-2)12(21)9-7(19)8(20)13(23-9)18-4-3-6-10(14)15-5-16-11(6)18;1-13-10(14-2)6-7-5-8(12)3-4-9(7)11;1-12-10(13-2)7-8-4-3-5-9(11)6-8;1-12-5-4-7-6-8(11)2-3-9(7)10;8-7-2-1-6(9)3-5(7)4-10;1-3-4-2;;;;/h5-9,11,16,18-20,23H,10H2,1-4H3;2-16H,17H2,1H3;3-5,7-9,13,19-20H,1-2H3;3-5,10H,6H2,1-2H3;3,5-6,10H,7H2,1-2H3;2-6H,1H3;1-4H;1,3-4H2,2H3;1H4;1H;;/q;+1;;;-1;;;-1;;;2*+1/p-1/b;;;;;5-4+;;;;;;/t18-,19-,20-,23-;;7-,8+,9-,13+;;;;;;;;;/m1.0........./s1. The SMILES string of the molecule is C.CO/C=C/c1cc(Cl)ccc1Br.COC(Cc1[c-]ccc(Cl)c1)OC.COC(Cc1cc(Cl)ccc1Br)OC.COC(Cc1cc(Cl)ccc1C(=O)[C@H]1O[C@@H](n2ccc3c(Cl)ncnc32)[C@@H]2OC(C)(C)O[C@@H]21)OC.COC[P+](c1ccccc1)(c1ccccc1)c1ccccc1.CON(C)C(=O)[C@H]1O[C@@H](n2ccc3c(Cl)ncnc32)[C@H](O)[C@@H]1O.O=Cc1cc(Cl)ccc1Br.[CH2-]CCC.[Cl-].[Li+].[Li+]. The smallest absolute Gasteiger partial charge is 1.00 e. The molecule has 3 fully saturated rings. The fourth-order valence-corrected chi connectivity index (χ4v) is 19.9. The van der Waals surface area contributed by atoms with Crippen molar-refractivity contribution in [3.8, 4) is 0 Å². The van der Waals surface area contributed by atoms with E-state index in [1.54, 1.807) is 141 Å². The molecule has 3 saturated heterocycles. The molecule has 25 nitrogen and oxygen atoms in total. The molecule has 0 radical (unpaired) electrons. The maximum atomic E-state index is 13.9. The molecule has 1 amide bonds. The van der Waals surface area contributed by atoms with Crippen LogP contribution in [0.3, 0.4) is 0 Å². The van der Waals surface area contributed by atoms with Gasteiger partial charge in [-0.25, -0.2) is 25.0 Å². The van der Waals surface area contributed by atoms with Crippen molar-refractivity contribution in [3.05, 3.63) is 321 Å². The van der Waals surface area contributed by atoms with Crippen LogP contribution in [0.4, 0.5) is 0 Å². The zero-order valence-corrected chi connectivity index (χ0v) is 89.2. The molecule has 728 valence electrons. The van der Waals surface area contributed by atoms with Crippen LogP contribution < -0.4 is 66.0 Å². The first-order valence-corrected chi connectivity index (χ1v) is 48.1. The third-order valence-electron chi connectivity index (χ3n) is 20.4. The molecule has 0 bridgehead atoms. The van der Waals surface area contributed by atoms with Crippen molar-refractivity contribution in [3.63, 3.8) is 0 Å². The van der Waals surface area contributed by atoms with Crippen LogP contribution in [-0.4, -0.2) is 201 Å². The summed E-state index contributed by atoms with van der Waals surface area (Å²) >= 11 is 51.6. The van der Waals surface area contributed by atoms with Crippen molar-refractivity contribution in [2.24, 2.45) is 0 Å². The molecule has 0 spiro atoms. The van der Waals surface area contributed by atoms with E-state index in [0.29, 0.717) is 94.6 Å². The Labute approximate surface area is 892 Å². The van der Waals surface area contributed by atoms with Crippen LogP contribution in [-0.2, 0) is 85.7 Å². The largest absolute Gasteiger partial charge is 1.00 e. The molecule has 7 heterocycles. The number of Topliss-reactive ketones (excluding diaryl/α,β-unsaturated/α-hetero) is 1. The van der Waals surface area contributed by atoms with Gasteiger partial charge in [0.05, 0.1) is 31.3 Å². The normalized spacial score (nSPS) is 16.9. The number of ether oxygens (including phenoxy) is 12. The Morgan fingerprint density at radius 2 is 0.978 bits per heavy atom. The van der Waals surface area contributed by atoms with Crippen LogP contribution in [0.2, 0.25) is 35.4 Å². The van der Waals surface area contributed by atoms with E-state index in [1.165, 1.54) is 53.7 Å². The quantitative estimate of drug-likeness (QED) is 0.00557. The van der Waals surface area contributed by atoms with Crippen LogP contribution >= 0.6 is 136 Å². The number of fused-ring (bicyclic) bond motifs is 3. The number of rotatable bonds is 27. The van der Waals surface area contributed by atoms with Crippen molar-refractivity contribution in [1.82, 2.24) is 34.1 Å². The molecule has 8 atom stereocenters. The number of ketones is 1. The zero-order chi connectivity index (χ0) is 97.1. The number of amides is 1. The molecule has 3 aliphatic heterocycles. The van der Waals surface area contributed by atoms with E-state index in [1.807, 2.05) is 62.4 Å². The monoisotopic (exact) mass is 2230 g/mol. The summed E-state index contributed by atoms with van der Waals surface area (Å²) in [4.78, 5) is 57.4. The predicted octanol–water partition coefficient (Wildman–Crippen LogP) is 13.0. The maximum Gasteiger partial charge on any atom is 1.00 e. The number of aromatic nitrogens is 6. The third-order valence-corrected chi connectivity index (χ3v) is 28.6. The number of nitrogens with zero attached hydrogens (tertiary/aromatic N) is 7. The maximum absolute atomic E-state index is 13.9. The van der Waals surface area contributed by atoms with Crippen LogP contribution in [0.5, 0.6) is 0 Å². The number of likely N-dealkylation sites (N-methyl/N-ethyl adjacent to an activating group) is 1. The summed E-state index contributed by atoms with van der Waals surface area (Å²) < 4.78 is 71.9. The van der Waals surface area contributed by atoms with Gasteiger partial charge in [0.25, 0.3) is 5.91 Å². The topological polar surface area (TPSA) is 276 Å². The molecule has 0 saturated carbocycles. The molecule has 4 aromatic heterocycles. The summed E-state index contributed by atoms with van der Waals surface area (Å²) in [6.07, 6.45) is 6.17. The Hall–Kier alpha value is -5.83. The molecule has 137 heavy (non-hydrogen) atoms. The Balaban J connectivity index is 0.000000343. The molecule has 39 heteroatoms. The van der Waals surface area contributed by atoms with E-state index in [4.69, 9.17) is 143 Å². The molecule has 12 aromatic rings. The van der Waals surface area contributed by atoms with Gasteiger partial charge in [-0.05, 0) is 158 Å². The number of aliphatic hydroxyl groups excluding tert-OH is 2. The van der Waals surface area contributed by atoms with Gasteiger partial charge in [-0.15, -0.1) is 17.7 Å². The van der Waals surface area contributed by atoms with E-state index in [-0.39, 0.29) is 81.1 Å². The number of carbonyl (C=O) groups excluding carboxylic acids is 3. The number of hydrogen-bond donors (Lipinski definition) is 2. The molecule has 0 unspecified atom stereocenters. The first-order chi connectivity index (χ1) is 63.9. The van der Waals surface area contributed by atoms with Crippen LogP contribution in [0.25, 0.3) is 28.1 Å². The van der Waals surface area contributed by atoms with E-state index in [0.717, 1.165) is 47.9 Å². The first-order valence-electron chi connectivity index (χ1n) is 41.1. The zero-order valence-electron chi connectivity index (χ0n) is 77.5. The summed E-state index contributed by atoms with van der Waals surface area (Å²) in [5.74, 6) is -1.75. The number of aldehydes is 1. The fraction of sp³-hybridized carbons (Fsp3) is 0.327. The minimum absolute atomic E-state index is 0. The van der Waals surface area contributed by atoms with Gasteiger partial charge in [0.1, 0.15) is 81.8 Å². The van der Waals surface area contributed by atoms with Crippen molar-refractivity contribution in [2.75, 3.05) is 77.4 Å². The van der Waals surface area contributed by atoms with E-state index in [2.05, 4.69) is 179 Å². The second-order valence-corrected chi connectivity index (χ2v) is 38.4. The first kappa shape index (κ1) is 123. The van der Waals surface area contributed by atoms with E-state index < -0.39 is 74.3 Å². The molecular formula is C98H109Br3Cl8Li2N7O18P. The molecule has 8 aromatic carbocycles. The average Bonchev–Trinajstić information content (AvgIpc) is 1.55. The van der Waals surface area contributed by atoms with Gasteiger partial charge in [0.2, 0.25) is 0 Å². The number of aliphatic hydroxyl groups is 2. The molecular weight excluding hydrogens is 2130 g/mol. The molecule has 15 rings (SSSR count). The van der Waals surface area contributed by atoms with Gasteiger partial charge < -0.3 is 95.5 Å². The van der Waals surface area contributed by atoms with E-state index >= 15 is 0 Å². The number of methoxy groups -OCH3 is 8. The Morgan fingerprint density at radius 3 is 1.43 bits per heavy atom. The summed E-state index contributed by atoms with van der Waals surface area (Å²) in [6.45, 7) is 9.35. The Kier molecular flexibility index (Phi) is 56.5. The van der Waals surface area contributed by atoms with Crippen molar-refractivity contribution >= 4 is 198 Å². The van der Waals surface area contributed by atoms with Gasteiger partial charge in [-0.1, -0.05) is 198 Å². The van der Waals surface area contributed by atoms with Crippen molar-refractivity contribution in [2.45, 2.75) is 134 Å². The summed E-state index contributed by atoms with van der Waals surface area (Å²) in [7, 11) is 13.9. The molecule has 0 aliphatic carbocycles. The number of benzene rings is 8. The van der Waals surface area contributed by atoms with Crippen LogP contribution in [0, 0.1) is 13.0 Å². The third kappa shape index (κ3) is 35.0. The molecule has 3 aliphatic rings. The van der Waals surface area contributed by atoms with Gasteiger partial charge in [0, 0.05) is 133 Å². The Bertz CT molecular complexity index is 5590. The second-order valence-electron chi connectivity index (χ2n) is 29.5. The average molecular weight is 2240 g/mol. The predicted molar refractivity (Wildman–Crippen MR) is 542 cm³/mol. The van der Waals surface area contributed by atoms with Crippen molar-refractivity contribution < 1.29 is 136 Å². The van der Waals surface area contributed by atoms with Gasteiger partial charge in [-0.2, -0.15) is 30.2 Å². The number of unbranched alkanes of at least 4 members (excludes halogenated alkanes) is 1. The summed E-state index contributed by atoms with van der Waals surface area (Å²) in [5.41, 5.74) is 5.78. The summed E-state index contributed by atoms with van der Waals surface area (Å²) in [6, 6.07) is 65.7. The molecule has 2 N–H and O–H groups in total. The summed E-state index contributed by atoms with van der Waals surface area (Å²) in [5, 5.41) is 30.4. The number of halogens is 11. The fourth-order valence-electron chi connectivity index (χ4n) is 13.7. The van der Waals surface area contributed by atoms with E-state index in [9.17, 15) is 24.6 Å². The van der Waals surface area contributed by atoms with Crippen LogP contribution in [0.15, 0.2) is 239 Å². The second kappa shape index (κ2) is 62.7. The van der Waals surface area contributed by atoms with Gasteiger partial charge in [-0.3, -0.25) is 19.2 Å². The van der Waals surface area contributed by atoms with Gasteiger partial charge in [0.15, 0.2) is 67.7 Å². The van der Waals surface area contributed by atoms with Gasteiger partial charge >= 0.3 is 37.7 Å². The Morgan fingerprint density at radius 1 is 0.555 bits per heavy atom. The number of carbonyl (C=O) groups is 3. The minimum atomic E-state index is -1.78.